The molecule has 0 radical (unpaired) electrons. The van der Waals surface area contributed by atoms with Crippen molar-refractivity contribution in [2.24, 2.45) is 0 Å². The monoisotopic (exact) mass is 470 g/mol. The minimum Gasteiger partial charge on any atom is -0.458 e. The van der Waals surface area contributed by atoms with E-state index in [4.69, 9.17) is 14.2 Å². The van der Waals surface area contributed by atoms with Crippen molar-refractivity contribution in [3.8, 4) is 11.8 Å². The third-order valence-corrected chi connectivity index (χ3v) is 4.75. The lowest BCUT2D eigenvalue weighted by molar-refractivity contribution is 0.0366. The zero-order valence-electron chi connectivity index (χ0n) is 16.6. The number of nitrogens with one attached hydrogen (secondary N) is 1. The topological polar surface area (TPSA) is 99.2 Å². The van der Waals surface area contributed by atoms with Crippen LogP contribution in [0.4, 0.5) is 0 Å². The van der Waals surface area contributed by atoms with Crippen molar-refractivity contribution in [2.75, 3.05) is 7.11 Å². The lowest BCUT2D eigenvalue weighted by atomic mass is 10.1. The number of nitrogens with zero attached hydrogens (tertiary/aromatic N) is 3. The van der Waals surface area contributed by atoms with E-state index < -0.39 is 5.97 Å². The maximum absolute atomic E-state index is 12.6. The molecule has 0 bridgehead atoms. The predicted molar refractivity (Wildman–Crippen MR) is 115 cm³/mol. The molecule has 3 heterocycles. The van der Waals surface area contributed by atoms with Gasteiger partial charge in [-0.2, -0.15) is 0 Å². The van der Waals surface area contributed by atoms with Crippen molar-refractivity contribution >= 4 is 43.7 Å². The first-order chi connectivity index (χ1) is 14.5. The molecule has 8 nitrogen and oxygen atoms in total. The van der Waals surface area contributed by atoms with Crippen molar-refractivity contribution in [1.82, 2.24) is 19.9 Å². The van der Waals surface area contributed by atoms with Crippen molar-refractivity contribution in [3.63, 3.8) is 0 Å². The van der Waals surface area contributed by atoms with Crippen molar-refractivity contribution < 1.29 is 19.0 Å². The summed E-state index contributed by atoms with van der Waals surface area (Å²) in [5.74, 6) is 0.0844. The highest BCUT2D eigenvalue weighted by Gasteiger charge is 2.21. The molecule has 9 heteroatoms. The number of fused-ring (bicyclic) bond motifs is 3. The van der Waals surface area contributed by atoms with E-state index >= 15 is 0 Å². The van der Waals surface area contributed by atoms with Crippen LogP contribution < -0.4 is 4.74 Å². The summed E-state index contributed by atoms with van der Waals surface area (Å²) in [5.41, 5.74) is 2.56. The Bertz CT molecular complexity index is 1220. The minimum atomic E-state index is -0.482. The van der Waals surface area contributed by atoms with Crippen LogP contribution >= 0.6 is 15.9 Å². The van der Waals surface area contributed by atoms with Gasteiger partial charge in [0.15, 0.2) is 5.69 Å². The second kappa shape index (κ2) is 8.37. The molecule has 154 valence electrons. The maximum Gasteiger partial charge on any atom is 0.357 e. The van der Waals surface area contributed by atoms with E-state index in [1.807, 2.05) is 18.2 Å². The van der Waals surface area contributed by atoms with Gasteiger partial charge in [-0.05, 0) is 48.0 Å². The fourth-order valence-electron chi connectivity index (χ4n) is 3.19. The Balaban J connectivity index is 1.84. The summed E-state index contributed by atoms with van der Waals surface area (Å²) in [6.07, 6.45) is 4.60. The molecule has 0 saturated carbocycles. The molecule has 0 saturated heterocycles. The number of H-pyrrole nitrogens is 1. The van der Waals surface area contributed by atoms with Crippen LogP contribution in [0.15, 0.2) is 41.3 Å². The Hall–Kier alpha value is -3.04. The second-order valence-corrected chi connectivity index (χ2v) is 7.80. The molecular formula is C21H19BrN4O4. The van der Waals surface area contributed by atoms with E-state index in [-0.39, 0.29) is 24.4 Å². The third-order valence-electron chi connectivity index (χ3n) is 4.34. The summed E-state index contributed by atoms with van der Waals surface area (Å²) in [4.78, 5) is 28.5. The van der Waals surface area contributed by atoms with E-state index in [9.17, 15) is 4.79 Å². The van der Waals surface area contributed by atoms with Crippen LogP contribution in [-0.4, -0.2) is 39.1 Å². The molecule has 0 amide bonds. The highest BCUT2D eigenvalue weighted by Crippen LogP contribution is 2.33. The van der Waals surface area contributed by atoms with Crippen LogP contribution in [0.3, 0.4) is 0 Å². The quantitative estimate of drug-likeness (QED) is 0.405. The zero-order valence-corrected chi connectivity index (χ0v) is 18.2. The van der Waals surface area contributed by atoms with E-state index in [0.29, 0.717) is 11.3 Å². The largest absolute Gasteiger partial charge is 0.458 e. The number of esters is 1. The van der Waals surface area contributed by atoms with Gasteiger partial charge in [0.1, 0.15) is 5.75 Å². The van der Waals surface area contributed by atoms with Crippen LogP contribution in [0.1, 0.15) is 29.9 Å². The fraction of sp³-hybridized carbons (Fsp3) is 0.238. The average Bonchev–Trinajstić information content (AvgIpc) is 3.08. The van der Waals surface area contributed by atoms with Gasteiger partial charge in [0.25, 0.3) is 0 Å². The number of aromatic amines is 1. The van der Waals surface area contributed by atoms with Crippen molar-refractivity contribution in [2.45, 2.75) is 26.6 Å². The molecule has 0 spiro atoms. The molecule has 1 N–H and O–H groups in total. The molecule has 4 aromatic rings. The van der Waals surface area contributed by atoms with Crippen LogP contribution in [-0.2, 0) is 16.1 Å². The Kier molecular flexibility index (Phi) is 5.65. The Morgan fingerprint density at radius 2 is 1.90 bits per heavy atom. The number of carbonyl (C=O) groups excluding carboxylic acids is 1. The van der Waals surface area contributed by atoms with Crippen LogP contribution in [0.25, 0.3) is 21.8 Å². The summed E-state index contributed by atoms with van der Waals surface area (Å²) in [7, 11) is 1.57. The maximum atomic E-state index is 12.6. The number of rotatable bonds is 6. The van der Waals surface area contributed by atoms with E-state index in [1.54, 1.807) is 39.5 Å². The van der Waals surface area contributed by atoms with E-state index in [2.05, 4.69) is 35.9 Å². The first-order valence-electron chi connectivity index (χ1n) is 9.25. The summed E-state index contributed by atoms with van der Waals surface area (Å²) in [6, 6.07) is 5.82. The molecule has 30 heavy (non-hydrogen) atoms. The van der Waals surface area contributed by atoms with Gasteiger partial charge in [-0.25, -0.2) is 19.7 Å². The predicted octanol–water partition coefficient (Wildman–Crippen LogP) is 4.77. The third kappa shape index (κ3) is 3.99. The van der Waals surface area contributed by atoms with Gasteiger partial charge in [0, 0.05) is 41.4 Å². The SMILES string of the molecule is COCc1c(C(=O)OC(C)C)ncc2[nH]c3ccc(Oc4ncc(Br)cn4)cc3c12. The smallest absolute Gasteiger partial charge is 0.357 e. The molecular weight excluding hydrogens is 452 g/mol. The number of hydrogen-bond acceptors (Lipinski definition) is 7. The molecule has 0 aliphatic carbocycles. The standard InChI is InChI=1S/C21H19BrN4O4/c1-11(2)29-20(27)19-15(10-28-3)18-14-6-13(30-21-24-7-12(22)8-25-21)4-5-16(14)26-17(18)9-23-19/h4-9,11,26H,10H2,1-3H3. The summed E-state index contributed by atoms with van der Waals surface area (Å²) >= 11 is 3.30. The molecule has 0 aliphatic rings. The average molecular weight is 471 g/mol. The Labute approximate surface area is 180 Å². The molecule has 0 unspecified atom stereocenters. The normalized spacial score (nSPS) is 11.4. The van der Waals surface area contributed by atoms with Crippen LogP contribution in [0, 0.1) is 0 Å². The number of ether oxygens (including phenoxy) is 3. The lowest BCUT2D eigenvalue weighted by Gasteiger charge is -2.12. The number of aromatic nitrogens is 4. The van der Waals surface area contributed by atoms with Crippen molar-refractivity contribution in [3.05, 3.63) is 52.5 Å². The second-order valence-electron chi connectivity index (χ2n) is 6.88. The number of methoxy groups -OCH3 is 1. The fourth-order valence-corrected chi connectivity index (χ4v) is 3.40. The van der Waals surface area contributed by atoms with Gasteiger partial charge in [-0.1, -0.05) is 0 Å². The lowest BCUT2D eigenvalue weighted by Crippen LogP contribution is -2.15. The van der Waals surface area contributed by atoms with E-state index in [1.165, 1.54) is 0 Å². The van der Waals surface area contributed by atoms with Gasteiger partial charge in [0.05, 0.1) is 28.9 Å². The molecule has 3 aromatic heterocycles. The zero-order chi connectivity index (χ0) is 21.3. The summed E-state index contributed by atoms with van der Waals surface area (Å²) < 4.78 is 17.3. The first-order valence-corrected chi connectivity index (χ1v) is 10.0. The number of halogens is 1. The molecule has 1 aromatic carbocycles. The number of hydrogen-bond donors (Lipinski definition) is 1. The van der Waals surface area contributed by atoms with Gasteiger partial charge >= 0.3 is 12.0 Å². The number of carbonyl (C=O) groups is 1. The number of pyridine rings is 1. The minimum absolute atomic E-state index is 0.209. The molecule has 0 atom stereocenters. The van der Waals surface area contributed by atoms with E-state index in [0.717, 1.165) is 26.3 Å². The van der Waals surface area contributed by atoms with Gasteiger partial charge in [-0.15, -0.1) is 0 Å². The summed E-state index contributed by atoms with van der Waals surface area (Å²) in [6.45, 7) is 3.80. The van der Waals surface area contributed by atoms with Crippen LogP contribution in [0.2, 0.25) is 0 Å². The van der Waals surface area contributed by atoms with Gasteiger partial charge in [0.2, 0.25) is 0 Å². The molecule has 0 aliphatic heterocycles. The van der Waals surface area contributed by atoms with Crippen LogP contribution in [0.5, 0.6) is 11.8 Å². The van der Waals surface area contributed by atoms with Gasteiger partial charge < -0.3 is 19.2 Å². The summed E-state index contributed by atoms with van der Waals surface area (Å²) in [5, 5.41) is 1.70. The number of benzene rings is 1. The Morgan fingerprint density at radius 3 is 2.60 bits per heavy atom. The highest BCUT2D eigenvalue weighted by molar-refractivity contribution is 9.10. The first kappa shape index (κ1) is 20.2. The van der Waals surface area contributed by atoms with Crippen molar-refractivity contribution in [1.29, 1.82) is 0 Å². The highest BCUT2D eigenvalue weighted by atomic mass is 79.9. The Morgan fingerprint density at radius 1 is 1.13 bits per heavy atom. The molecule has 4 rings (SSSR count). The molecule has 0 fully saturated rings. The van der Waals surface area contributed by atoms with Gasteiger partial charge in [-0.3, -0.25) is 0 Å².